The minimum atomic E-state index is -1.17. The average molecular weight is 440 g/mol. The summed E-state index contributed by atoms with van der Waals surface area (Å²) in [7, 11) is 0. The van der Waals surface area contributed by atoms with Crippen molar-refractivity contribution in [2.75, 3.05) is 13.2 Å². The van der Waals surface area contributed by atoms with Crippen LogP contribution in [0.3, 0.4) is 0 Å². The zero-order valence-corrected chi connectivity index (χ0v) is 18.1. The molecule has 0 saturated carbocycles. The highest BCUT2D eigenvalue weighted by Gasteiger charge is 2.29. The summed E-state index contributed by atoms with van der Waals surface area (Å²) in [5.74, 6) is -2.12. The van der Waals surface area contributed by atoms with Gasteiger partial charge in [-0.05, 0) is 28.2 Å². The van der Waals surface area contributed by atoms with Crippen molar-refractivity contribution in [2.45, 2.75) is 38.3 Å². The van der Waals surface area contributed by atoms with E-state index in [0.29, 0.717) is 0 Å². The first-order valence-electron chi connectivity index (χ1n) is 10.6. The Morgan fingerprint density at radius 3 is 2.09 bits per heavy atom. The second-order valence-electron chi connectivity index (χ2n) is 8.19. The van der Waals surface area contributed by atoms with E-state index in [9.17, 15) is 19.5 Å². The van der Waals surface area contributed by atoms with Crippen molar-refractivity contribution < 1.29 is 29.3 Å². The van der Waals surface area contributed by atoms with Crippen LogP contribution < -0.4 is 10.6 Å². The summed E-state index contributed by atoms with van der Waals surface area (Å²) in [4.78, 5) is 35.3. The smallest absolute Gasteiger partial charge is 0.407 e. The number of ether oxygens (including phenoxy) is 1. The normalized spacial score (nSPS) is 14.2. The van der Waals surface area contributed by atoms with Crippen molar-refractivity contribution in [3.05, 3.63) is 59.7 Å². The number of alkyl carbamates (subject to hydrolysis) is 1. The van der Waals surface area contributed by atoms with Crippen molar-refractivity contribution in [1.29, 1.82) is 0 Å². The van der Waals surface area contributed by atoms with E-state index in [1.54, 1.807) is 13.8 Å². The molecule has 0 aliphatic heterocycles. The summed E-state index contributed by atoms with van der Waals surface area (Å²) in [6.45, 7) is 3.30. The third-order valence-corrected chi connectivity index (χ3v) is 5.50. The molecular weight excluding hydrogens is 412 g/mol. The van der Waals surface area contributed by atoms with Gasteiger partial charge >= 0.3 is 12.1 Å². The summed E-state index contributed by atoms with van der Waals surface area (Å²) in [5.41, 5.74) is 4.44. The molecule has 0 heterocycles. The third-order valence-electron chi connectivity index (χ3n) is 5.50. The van der Waals surface area contributed by atoms with Crippen LogP contribution in [0.5, 0.6) is 0 Å². The molecule has 2 unspecified atom stereocenters. The molecule has 0 spiro atoms. The predicted molar refractivity (Wildman–Crippen MR) is 118 cm³/mol. The maximum Gasteiger partial charge on any atom is 0.407 e. The molecule has 1 aliphatic rings. The van der Waals surface area contributed by atoms with Crippen LogP contribution in [0.15, 0.2) is 48.5 Å². The molecule has 2 amide bonds. The monoisotopic (exact) mass is 440 g/mol. The van der Waals surface area contributed by atoms with E-state index in [4.69, 9.17) is 9.84 Å². The van der Waals surface area contributed by atoms with Crippen molar-refractivity contribution in [1.82, 2.24) is 10.6 Å². The number of hydrogen-bond acceptors (Lipinski definition) is 5. The zero-order chi connectivity index (χ0) is 23.3. The van der Waals surface area contributed by atoms with Gasteiger partial charge in [0.2, 0.25) is 5.91 Å². The van der Waals surface area contributed by atoms with Crippen molar-refractivity contribution in [3.8, 4) is 11.1 Å². The highest BCUT2D eigenvalue weighted by atomic mass is 16.5. The van der Waals surface area contributed by atoms with Gasteiger partial charge in [-0.3, -0.25) is 4.79 Å². The minimum Gasteiger partial charge on any atom is -0.480 e. The van der Waals surface area contributed by atoms with E-state index in [-0.39, 0.29) is 31.4 Å². The van der Waals surface area contributed by atoms with Crippen molar-refractivity contribution in [2.24, 2.45) is 5.92 Å². The number of hydrogen-bond donors (Lipinski definition) is 4. The molecular formula is C24H28N2O6. The van der Waals surface area contributed by atoms with Crippen LogP contribution in [0.2, 0.25) is 0 Å². The molecule has 170 valence electrons. The number of carboxylic acid groups (broad SMARTS) is 1. The topological polar surface area (TPSA) is 125 Å². The lowest BCUT2D eigenvalue weighted by Crippen LogP contribution is -2.46. The molecule has 4 N–H and O–H groups in total. The maximum absolute atomic E-state index is 12.1. The van der Waals surface area contributed by atoms with Gasteiger partial charge < -0.3 is 25.6 Å². The van der Waals surface area contributed by atoms with Crippen molar-refractivity contribution >= 4 is 18.0 Å². The van der Waals surface area contributed by atoms with E-state index in [1.807, 2.05) is 48.5 Å². The number of amides is 2. The van der Waals surface area contributed by atoms with Gasteiger partial charge in [-0.2, -0.15) is 0 Å². The molecule has 32 heavy (non-hydrogen) atoms. The number of aliphatic carboxylic acids is 1. The van der Waals surface area contributed by atoms with Gasteiger partial charge in [-0.1, -0.05) is 62.4 Å². The summed E-state index contributed by atoms with van der Waals surface area (Å²) >= 11 is 0. The second kappa shape index (κ2) is 10.3. The van der Waals surface area contributed by atoms with E-state index in [2.05, 4.69) is 10.6 Å². The lowest BCUT2D eigenvalue weighted by molar-refractivity contribution is -0.143. The molecule has 0 saturated heterocycles. The van der Waals surface area contributed by atoms with Gasteiger partial charge in [-0.15, -0.1) is 0 Å². The number of nitrogens with one attached hydrogen (secondary N) is 2. The molecule has 0 fully saturated rings. The van der Waals surface area contributed by atoms with E-state index >= 15 is 0 Å². The number of benzene rings is 2. The number of aliphatic hydroxyl groups is 1. The molecule has 3 rings (SSSR count). The number of carboxylic acids is 1. The Bertz CT molecular complexity index is 944. The fraction of sp³-hybridized carbons (Fsp3) is 0.375. The maximum atomic E-state index is 12.1. The molecule has 0 radical (unpaired) electrons. The SMILES string of the molecule is CC(C)C(NC(=O)CC(O)CNC(=O)OCC1c2ccccc2-c2ccccc21)C(=O)O. The van der Waals surface area contributed by atoms with Crippen molar-refractivity contribution in [3.63, 3.8) is 0 Å². The molecule has 8 heteroatoms. The number of aliphatic hydroxyl groups excluding tert-OH is 1. The van der Waals surface area contributed by atoms with Gasteiger partial charge in [0, 0.05) is 12.5 Å². The molecule has 8 nitrogen and oxygen atoms in total. The number of carbonyl (C=O) groups excluding carboxylic acids is 2. The van der Waals surface area contributed by atoms with Crippen LogP contribution in [-0.2, 0) is 14.3 Å². The zero-order valence-electron chi connectivity index (χ0n) is 18.1. The summed E-state index contributed by atoms with van der Waals surface area (Å²) < 4.78 is 5.38. The molecule has 2 atom stereocenters. The lowest BCUT2D eigenvalue weighted by Gasteiger charge is -2.19. The van der Waals surface area contributed by atoms with Crippen LogP contribution in [0, 0.1) is 5.92 Å². The fourth-order valence-corrected chi connectivity index (χ4v) is 3.88. The van der Waals surface area contributed by atoms with Crippen LogP contribution in [0.25, 0.3) is 11.1 Å². The highest BCUT2D eigenvalue weighted by Crippen LogP contribution is 2.44. The predicted octanol–water partition coefficient (Wildman–Crippen LogP) is 2.50. The Balaban J connectivity index is 1.48. The largest absolute Gasteiger partial charge is 0.480 e. The van der Waals surface area contributed by atoms with Gasteiger partial charge in [-0.25, -0.2) is 9.59 Å². The Morgan fingerprint density at radius 2 is 1.56 bits per heavy atom. The number of fused-ring (bicyclic) bond motifs is 3. The van der Waals surface area contributed by atoms with E-state index in [1.165, 1.54) is 0 Å². The molecule has 1 aliphatic carbocycles. The van der Waals surface area contributed by atoms with Gasteiger partial charge in [0.05, 0.1) is 12.5 Å². The van der Waals surface area contributed by atoms with Gasteiger partial charge in [0.25, 0.3) is 0 Å². The minimum absolute atomic E-state index is 0.0761. The molecule has 2 aromatic rings. The fourth-order valence-electron chi connectivity index (χ4n) is 3.88. The van der Waals surface area contributed by atoms with E-state index in [0.717, 1.165) is 22.3 Å². The quantitative estimate of drug-likeness (QED) is 0.475. The first-order valence-corrected chi connectivity index (χ1v) is 10.6. The number of rotatable bonds is 9. The summed E-state index contributed by atoms with van der Waals surface area (Å²) in [6, 6.07) is 14.9. The third kappa shape index (κ3) is 5.45. The molecule has 0 bridgehead atoms. The van der Waals surface area contributed by atoms with Gasteiger partial charge in [0.15, 0.2) is 0 Å². The highest BCUT2D eigenvalue weighted by molar-refractivity contribution is 5.84. The Labute approximate surface area is 186 Å². The second-order valence-corrected chi connectivity index (χ2v) is 8.19. The first kappa shape index (κ1) is 23.3. The lowest BCUT2D eigenvalue weighted by atomic mass is 9.98. The Hall–Kier alpha value is -3.39. The summed E-state index contributed by atoms with van der Waals surface area (Å²) in [6.07, 6.45) is -2.20. The summed E-state index contributed by atoms with van der Waals surface area (Å²) in [5, 5.41) is 24.0. The first-order chi connectivity index (χ1) is 15.3. The number of carbonyl (C=O) groups is 3. The van der Waals surface area contributed by atoms with E-state index < -0.39 is 30.1 Å². The standard InChI is InChI=1S/C24H28N2O6/c1-14(2)22(23(29)30)26-21(28)11-15(27)12-25-24(31)32-13-20-18-9-5-3-7-16(18)17-8-4-6-10-19(17)20/h3-10,14-15,20,22,27H,11-13H2,1-2H3,(H,25,31)(H,26,28)(H,29,30). The average Bonchev–Trinajstić information content (AvgIpc) is 3.08. The van der Waals surface area contributed by atoms with Crippen LogP contribution in [-0.4, -0.2) is 53.5 Å². The Morgan fingerprint density at radius 1 is 1.00 bits per heavy atom. The van der Waals surface area contributed by atoms with Crippen LogP contribution in [0.1, 0.15) is 37.3 Å². The Kier molecular flexibility index (Phi) is 7.48. The molecule has 0 aromatic heterocycles. The van der Waals surface area contributed by atoms with Gasteiger partial charge in [0.1, 0.15) is 12.6 Å². The van der Waals surface area contributed by atoms with Crippen LogP contribution >= 0.6 is 0 Å². The van der Waals surface area contributed by atoms with Crippen LogP contribution in [0.4, 0.5) is 4.79 Å². The molecule has 2 aromatic carbocycles.